The molecule has 0 radical (unpaired) electrons. The number of carboxylic acids is 1. The van der Waals surface area contributed by atoms with Crippen LogP contribution in [0.4, 0.5) is 16.2 Å². The van der Waals surface area contributed by atoms with Gasteiger partial charge >= 0.3 is 12.0 Å². The Labute approximate surface area is 230 Å². The molecule has 1 unspecified atom stereocenters. The van der Waals surface area contributed by atoms with Crippen molar-refractivity contribution < 1.29 is 29.1 Å². The number of nitrogens with one attached hydrogen (secondary N) is 3. The van der Waals surface area contributed by atoms with Crippen LogP contribution < -0.4 is 20.9 Å². The van der Waals surface area contributed by atoms with Crippen LogP contribution in [0.2, 0.25) is 0 Å². The largest absolute Gasteiger partial charge is 0.481 e. The van der Waals surface area contributed by atoms with E-state index in [1.54, 1.807) is 42.5 Å². The molecule has 0 bridgehead atoms. The molecule has 1 aliphatic rings. The lowest BCUT2D eigenvalue weighted by atomic mass is 10.0. The third-order valence-electron chi connectivity index (χ3n) is 6.38. The maximum absolute atomic E-state index is 13.5. The van der Waals surface area contributed by atoms with Crippen LogP contribution in [0.15, 0.2) is 78.9 Å². The molecular weight excluding hydrogens is 514 g/mol. The Balaban J connectivity index is 1.48. The average Bonchev–Trinajstić information content (AvgIpc) is 3.02. The number of anilines is 2. The number of hydrogen-bond acceptors (Lipinski definition) is 5. The van der Waals surface area contributed by atoms with Crippen LogP contribution in [0.3, 0.4) is 0 Å². The Hall–Kier alpha value is -5.19. The van der Waals surface area contributed by atoms with E-state index >= 15 is 0 Å². The van der Waals surface area contributed by atoms with Gasteiger partial charge in [0.25, 0.3) is 5.91 Å². The van der Waals surface area contributed by atoms with Crippen LogP contribution in [0.25, 0.3) is 0 Å². The first-order valence-electron chi connectivity index (χ1n) is 12.6. The lowest BCUT2D eigenvalue weighted by Crippen LogP contribution is -2.44. The summed E-state index contributed by atoms with van der Waals surface area (Å²) in [6.07, 6.45) is -0.352. The van der Waals surface area contributed by atoms with Crippen molar-refractivity contribution in [3.63, 3.8) is 0 Å². The number of rotatable bonds is 9. The highest BCUT2D eigenvalue weighted by molar-refractivity contribution is 6.11. The second-order valence-corrected chi connectivity index (χ2v) is 9.27. The Morgan fingerprint density at radius 1 is 0.950 bits per heavy atom. The lowest BCUT2D eigenvalue weighted by molar-refractivity contribution is -0.137. The van der Waals surface area contributed by atoms with Gasteiger partial charge in [-0.2, -0.15) is 0 Å². The molecule has 0 aromatic heterocycles. The highest BCUT2D eigenvalue weighted by Gasteiger charge is 2.32. The summed E-state index contributed by atoms with van der Waals surface area (Å²) in [6, 6.07) is 21.3. The van der Waals surface area contributed by atoms with E-state index in [-0.39, 0.29) is 18.5 Å². The van der Waals surface area contributed by atoms with Gasteiger partial charge < -0.3 is 30.9 Å². The van der Waals surface area contributed by atoms with E-state index in [0.29, 0.717) is 23.5 Å². The molecule has 0 aliphatic carbocycles. The first kappa shape index (κ1) is 27.8. The molecule has 1 atom stereocenters. The minimum absolute atomic E-state index is 0.132. The summed E-state index contributed by atoms with van der Waals surface area (Å²) in [5.74, 6) is -2.70. The number of fused-ring (bicyclic) bond motifs is 1. The van der Waals surface area contributed by atoms with Gasteiger partial charge in [0.15, 0.2) is 0 Å². The zero-order valence-corrected chi connectivity index (χ0v) is 21.8. The number of amides is 5. The molecule has 1 heterocycles. The fourth-order valence-electron chi connectivity index (χ4n) is 4.33. The van der Waals surface area contributed by atoms with Crippen LogP contribution in [0.1, 0.15) is 33.9 Å². The Morgan fingerprint density at radius 3 is 2.30 bits per heavy atom. The van der Waals surface area contributed by atoms with E-state index < -0.39 is 42.3 Å². The summed E-state index contributed by atoms with van der Waals surface area (Å²) in [7, 11) is 1.52. The van der Waals surface area contributed by atoms with Crippen molar-refractivity contribution in [1.82, 2.24) is 15.5 Å². The molecule has 11 nitrogen and oxygen atoms in total. The van der Waals surface area contributed by atoms with E-state index in [9.17, 15) is 29.1 Å². The van der Waals surface area contributed by atoms with Gasteiger partial charge in [-0.15, -0.1) is 0 Å². The summed E-state index contributed by atoms with van der Waals surface area (Å²) in [6.45, 7) is -0.509. The molecule has 11 heteroatoms. The molecule has 206 valence electrons. The molecular formula is C29H29N5O6. The van der Waals surface area contributed by atoms with Gasteiger partial charge in [-0.25, -0.2) is 4.79 Å². The number of likely N-dealkylation sites (N-methyl/N-ethyl adjacent to an activating group) is 1. The minimum atomic E-state index is -1.10. The van der Waals surface area contributed by atoms with Crippen molar-refractivity contribution in [1.29, 1.82) is 0 Å². The maximum atomic E-state index is 13.5. The third kappa shape index (κ3) is 7.01. The number of hydrogen-bond donors (Lipinski definition) is 4. The molecule has 3 aromatic rings. The Bertz CT molecular complexity index is 1410. The van der Waals surface area contributed by atoms with Crippen LogP contribution in [0, 0.1) is 0 Å². The monoisotopic (exact) mass is 543 g/mol. The molecule has 4 rings (SSSR count). The molecule has 0 spiro atoms. The van der Waals surface area contributed by atoms with Gasteiger partial charge in [-0.1, -0.05) is 60.7 Å². The number of carbonyl (C=O) groups excluding carboxylic acids is 4. The number of nitrogens with zero attached hydrogens (tertiary/aromatic N) is 2. The summed E-state index contributed by atoms with van der Waals surface area (Å²) < 4.78 is 0. The zero-order chi connectivity index (χ0) is 28.6. The highest BCUT2D eigenvalue weighted by atomic mass is 16.4. The minimum Gasteiger partial charge on any atom is -0.481 e. The van der Waals surface area contributed by atoms with Crippen molar-refractivity contribution in [2.75, 3.05) is 30.4 Å². The molecule has 0 fully saturated rings. The van der Waals surface area contributed by atoms with Gasteiger partial charge in [-0.3, -0.25) is 19.2 Å². The first-order chi connectivity index (χ1) is 19.2. The number of benzene rings is 3. The maximum Gasteiger partial charge on any atom is 0.319 e. The van der Waals surface area contributed by atoms with Gasteiger partial charge in [0.2, 0.25) is 11.8 Å². The Morgan fingerprint density at radius 2 is 1.62 bits per heavy atom. The van der Waals surface area contributed by atoms with Gasteiger partial charge in [0.05, 0.1) is 23.7 Å². The number of carboxylic acid groups (broad SMARTS) is 1. The predicted octanol–water partition coefficient (Wildman–Crippen LogP) is 2.76. The van der Waals surface area contributed by atoms with Crippen LogP contribution in [-0.4, -0.2) is 59.9 Å². The van der Waals surface area contributed by atoms with Gasteiger partial charge in [-0.05, 0) is 29.3 Å². The third-order valence-corrected chi connectivity index (χ3v) is 6.38. The number of aliphatic carboxylic acids is 1. The van der Waals surface area contributed by atoms with E-state index in [2.05, 4.69) is 16.0 Å². The molecule has 1 aliphatic heterocycles. The van der Waals surface area contributed by atoms with Crippen LogP contribution in [-0.2, 0) is 20.9 Å². The SMILES string of the molecule is CN1C(=O)CN(CC(=O)NC(CC(=O)O)c2ccccc2)C(=O)c2cc(NC(=O)NCc3ccccc3)ccc21. The van der Waals surface area contributed by atoms with Crippen molar-refractivity contribution >= 4 is 41.1 Å². The quantitative estimate of drug-likeness (QED) is 0.326. The van der Waals surface area contributed by atoms with Crippen molar-refractivity contribution in [2.24, 2.45) is 0 Å². The zero-order valence-electron chi connectivity index (χ0n) is 21.8. The normalized spacial score (nSPS) is 13.6. The summed E-state index contributed by atoms with van der Waals surface area (Å²) in [5.41, 5.74) is 2.31. The van der Waals surface area contributed by atoms with E-state index in [1.165, 1.54) is 18.0 Å². The van der Waals surface area contributed by atoms with Crippen LogP contribution >= 0.6 is 0 Å². The fourth-order valence-corrected chi connectivity index (χ4v) is 4.33. The summed E-state index contributed by atoms with van der Waals surface area (Å²) in [4.78, 5) is 65.5. The molecule has 4 N–H and O–H groups in total. The van der Waals surface area contributed by atoms with E-state index in [0.717, 1.165) is 10.5 Å². The van der Waals surface area contributed by atoms with E-state index in [1.807, 2.05) is 30.3 Å². The molecule has 0 saturated carbocycles. The fraction of sp³-hybridized carbons (Fsp3) is 0.207. The van der Waals surface area contributed by atoms with Crippen molar-refractivity contribution in [3.8, 4) is 0 Å². The van der Waals surface area contributed by atoms with E-state index in [4.69, 9.17) is 0 Å². The van der Waals surface area contributed by atoms with Crippen molar-refractivity contribution in [3.05, 3.63) is 95.6 Å². The summed E-state index contributed by atoms with van der Waals surface area (Å²) in [5, 5.41) is 17.4. The molecule has 3 aromatic carbocycles. The topological polar surface area (TPSA) is 148 Å². The first-order valence-corrected chi connectivity index (χ1v) is 12.6. The average molecular weight is 544 g/mol. The smallest absolute Gasteiger partial charge is 0.319 e. The molecule has 0 saturated heterocycles. The number of carbonyl (C=O) groups is 5. The lowest BCUT2D eigenvalue weighted by Gasteiger charge is -2.22. The molecule has 5 amide bonds. The van der Waals surface area contributed by atoms with Crippen LogP contribution in [0.5, 0.6) is 0 Å². The second kappa shape index (κ2) is 12.6. The van der Waals surface area contributed by atoms with Crippen molar-refractivity contribution in [2.45, 2.75) is 19.0 Å². The highest BCUT2D eigenvalue weighted by Crippen LogP contribution is 2.28. The number of urea groups is 1. The predicted molar refractivity (Wildman–Crippen MR) is 148 cm³/mol. The summed E-state index contributed by atoms with van der Waals surface area (Å²) >= 11 is 0. The van der Waals surface area contributed by atoms with Gasteiger partial charge in [0.1, 0.15) is 13.1 Å². The molecule has 40 heavy (non-hydrogen) atoms. The van der Waals surface area contributed by atoms with Gasteiger partial charge in [0, 0.05) is 19.3 Å². The second-order valence-electron chi connectivity index (χ2n) is 9.27. The Kier molecular flexibility index (Phi) is 8.75. The standard InChI is InChI=1S/C29H29N5O6/c1-33-24-13-12-21(31-29(40)30-16-19-8-4-2-5-9-19)14-22(24)28(39)34(18-26(33)36)17-25(35)32-23(15-27(37)38)20-10-6-3-7-11-20/h2-14,23H,15-18H2,1H3,(H,32,35)(H,37,38)(H2,30,31,40).